The molecule has 1 aromatic rings. The number of aromatic nitrogens is 1. The summed E-state index contributed by atoms with van der Waals surface area (Å²) in [5, 5.41) is 0. The monoisotopic (exact) mass is 148 g/mol. The third-order valence-corrected chi connectivity index (χ3v) is 2.53. The molecule has 0 spiro atoms. The van der Waals surface area contributed by atoms with Gasteiger partial charge in [-0.1, -0.05) is 19.3 Å². The Morgan fingerprint density at radius 3 is 2.64 bits per heavy atom. The lowest BCUT2D eigenvalue weighted by Gasteiger charge is -2.26. The molecule has 1 aromatic heterocycles. The van der Waals surface area contributed by atoms with Crippen LogP contribution in [0.15, 0.2) is 18.3 Å². The summed E-state index contributed by atoms with van der Waals surface area (Å²) in [4.78, 5) is 0. The Hall–Kier alpha value is -0.720. The predicted octanol–water partition coefficient (Wildman–Crippen LogP) is 2.79. The van der Waals surface area contributed by atoms with Crippen molar-refractivity contribution >= 4 is 0 Å². The summed E-state index contributed by atoms with van der Waals surface area (Å²) in [7, 11) is 0. The molecule has 1 nitrogen and oxygen atoms in total. The molecule has 0 unspecified atom stereocenters. The zero-order valence-corrected chi connectivity index (χ0v) is 6.79. The molecule has 0 bridgehead atoms. The molecule has 0 aromatic carbocycles. The molecule has 1 heteroatoms. The van der Waals surface area contributed by atoms with Crippen molar-refractivity contribution in [3.8, 4) is 0 Å². The third kappa shape index (κ3) is 1.47. The van der Waals surface area contributed by atoms with Gasteiger partial charge in [0.25, 0.3) is 0 Å². The van der Waals surface area contributed by atoms with Crippen LogP contribution in [0.2, 0.25) is 0 Å². The molecule has 0 radical (unpaired) electrons. The fraction of sp³-hybridized carbons (Fsp3) is 0.600. The van der Waals surface area contributed by atoms with Gasteiger partial charge in [-0.25, -0.2) is 0 Å². The molecule has 0 N–H and O–H groups in total. The molecule has 11 heavy (non-hydrogen) atoms. The summed E-state index contributed by atoms with van der Waals surface area (Å²) in [5.74, 6) is 0. The van der Waals surface area contributed by atoms with E-state index < -0.39 is 0 Å². The SMILES string of the molecule is [c-]1cccn1C1CCCCC1. The van der Waals surface area contributed by atoms with Crippen LogP contribution in [0.3, 0.4) is 0 Å². The van der Waals surface area contributed by atoms with Crippen molar-refractivity contribution in [2.75, 3.05) is 0 Å². The standard InChI is InChI=1S/C10H14N/c1-2-6-10(7-3-1)11-8-4-5-9-11/h4-5,8,10H,1-3,6-7H2/q-1. The smallest absolute Gasteiger partial charge is 0.00936 e. The maximum atomic E-state index is 3.22. The summed E-state index contributed by atoms with van der Waals surface area (Å²) in [6.07, 6.45) is 12.3. The van der Waals surface area contributed by atoms with Gasteiger partial charge < -0.3 is 4.57 Å². The van der Waals surface area contributed by atoms with Crippen molar-refractivity contribution in [3.05, 3.63) is 24.5 Å². The van der Waals surface area contributed by atoms with Crippen LogP contribution in [0.1, 0.15) is 38.1 Å². The van der Waals surface area contributed by atoms with E-state index in [1.165, 1.54) is 32.1 Å². The van der Waals surface area contributed by atoms with E-state index in [0.29, 0.717) is 0 Å². The third-order valence-electron chi connectivity index (χ3n) is 2.53. The summed E-state index contributed by atoms with van der Waals surface area (Å²) in [6.45, 7) is 0. The van der Waals surface area contributed by atoms with Crippen LogP contribution in [0.5, 0.6) is 0 Å². The van der Waals surface area contributed by atoms with E-state index in [4.69, 9.17) is 0 Å². The molecule has 1 fully saturated rings. The molecule has 2 rings (SSSR count). The lowest BCUT2D eigenvalue weighted by atomic mass is 9.95. The van der Waals surface area contributed by atoms with Crippen LogP contribution in [0, 0.1) is 6.20 Å². The fourth-order valence-electron chi connectivity index (χ4n) is 1.89. The second kappa shape index (κ2) is 3.12. The Morgan fingerprint density at radius 1 is 1.18 bits per heavy atom. The first kappa shape index (κ1) is 6.96. The van der Waals surface area contributed by atoms with Crippen LogP contribution in [-0.4, -0.2) is 4.57 Å². The van der Waals surface area contributed by atoms with Gasteiger partial charge in [0.2, 0.25) is 0 Å². The molecular formula is C10H14N-. The normalized spacial score (nSPS) is 20.4. The molecule has 60 valence electrons. The highest BCUT2D eigenvalue weighted by molar-refractivity contribution is 4.91. The van der Waals surface area contributed by atoms with Crippen LogP contribution in [-0.2, 0) is 0 Å². The minimum atomic E-state index is 0.749. The minimum absolute atomic E-state index is 0.749. The highest BCUT2D eigenvalue weighted by Gasteiger charge is 2.10. The van der Waals surface area contributed by atoms with Crippen molar-refractivity contribution in [2.24, 2.45) is 0 Å². The zero-order chi connectivity index (χ0) is 7.52. The summed E-state index contributed by atoms with van der Waals surface area (Å²) >= 11 is 0. The predicted molar refractivity (Wildman–Crippen MR) is 45.4 cm³/mol. The highest BCUT2D eigenvalue weighted by atomic mass is 15.0. The molecule has 0 aliphatic heterocycles. The van der Waals surface area contributed by atoms with Crippen molar-refractivity contribution < 1.29 is 0 Å². The number of hydrogen-bond donors (Lipinski definition) is 0. The summed E-state index contributed by atoms with van der Waals surface area (Å²) in [5.41, 5.74) is 0. The average Bonchev–Trinajstić information content (AvgIpc) is 2.58. The van der Waals surface area contributed by atoms with E-state index in [1.807, 2.05) is 6.07 Å². The highest BCUT2D eigenvalue weighted by Crippen LogP contribution is 2.27. The largest absolute Gasteiger partial charge is 0.468 e. The summed E-state index contributed by atoms with van der Waals surface area (Å²) in [6, 6.07) is 4.81. The molecule has 1 aliphatic rings. The molecular weight excluding hydrogens is 134 g/mol. The lowest BCUT2D eigenvalue weighted by Crippen LogP contribution is -2.10. The molecule has 0 amide bonds. The van der Waals surface area contributed by atoms with E-state index in [0.717, 1.165) is 6.04 Å². The van der Waals surface area contributed by atoms with Gasteiger partial charge in [0.05, 0.1) is 0 Å². The second-order valence-corrected chi connectivity index (χ2v) is 3.34. The minimum Gasteiger partial charge on any atom is -0.468 e. The van der Waals surface area contributed by atoms with E-state index >= 15 is 0 Å². The van der Waals surface area contributed by atoms with E-state index in [2.05, 4.69) is 23.0 Å². The van der Waals surface area contributed by atoms with Crippen LogP contribution in [0.4, 0.5) is 0 Å². The average molecular weight is 148 g/mol. The topological polar surface area (TPSA) is 4.93 Å². The second-order valence-electron chi connectivity index (χ2n) is 3.34. The molecule has 0 saturated heterocycles. The Kier molecular flexibility index (Phi) is 1.97. The van der Waals surface area contributed by atoms with Gasteiger partial charge in [-0.15, -0.1) is 12.4 Å². The first-order chi connectivity index (χ1) is 5.47. The molecule has 1 aliphatic carbocycles. The van der Waals surface area contributed by atoms with Crippen molar-refractivity contribution in [1.82, 2.24) is 4.57 Å². The van der Waals surface area contributed by atoms with Crippen molar-refractivity contribution in [2.45, 2.75) is 38.1 Å². The first-order valence-corrected chi connectivity index (χ1v) is 4.51. The number of hydrogen-bond acceptors (Lipinski definition) is 0. The van der Waals surface area contributed by atoms with Gasteiger partial charge >= 0.3 is 0 Å². The van der Waals surface area contributed by atoms with Crippen molar-refractivity contribution in [3.63, 3.8) is 0 Å². The summed E-state index contributed by atoms with van der Waals surface area (Å²) < 4.78 is 2.24. The molecule has 0 atom stereocenters. The first-order valence-electron chi connectivity index (χ1n) is 4.51. The van der Waals surface area contributed by atoms with Crippen LogP contribution in [0.25, 0.3) is 0 Å². The maximum Gasteiger partial charge on any atom is 0.00936 e. The van der Waals surface area contributed by atoms with Gasteiger partial charge in [-0.3, -0.25) is 0 Å². The van der Waals surface area contributed by atoms with Gasteiger partial charge in [-0.2, -0.15) is 12.1 Å². The van der Waals surface area contributed by atoms with Gasteiger partial charge in [0, 0.05) is 6.04 Å². The maximum absolute atomic E-state index is 3.22. The lowest BCUT2D eigenvalue weighted by molar-refractivity contribution is 0.353. The Morgan fingerprint density at radius 2 is 2.00 bits per heavy atom. The number of nitrogens with zero attached hydrogens (tertiary/aromatic N) is 1. The zero-order valence-electron chi connectivity index (χ0n) is 6.79. The van der Waals surface area contributed by atoms with Gasteiger partial charge in [0.15, 0.2) is 0 Å². The van der Waals surface area contributed by atoms with E-state index in [9.17, 15) is 0 Å². The fourth-order valence-corrected chi connectivity index (χ4v) is 1.89. The van der Waals surface area contributed by atoms with E-state index in [1.54, 1.807) is 0 Å². The quantitative estimate of drug-likeness (QED) is 0.540. The molecule has 1 saturated carbocycles. The van der Waals surface area contributed by atoms with E-state index in [-0.39, 0.29) is 0 Å². The number of rotatable bonds is 1. The Bertz CT molecular complexity index is 195. The Balaban J connectivity index is 2.04. The van der Waals surface area contributed by atoms with Crippen LogP contribution >= 0.6 is 0 Å². The Labute approximate surface area is 68.0 Å². The van der Waals surface area contributed by atoms with Gasteiger partial charge in [0.1, 0.15) is 0 Å². The van der Waals surface area contributed by atoms with Crippen LogP contribution < -0.4 is 0 Å². The van der Waals surface area contributed by atoms with Crippen molar-refractivity contribution in [1.29, 1.82) is 0 Å². The molecule has 1 heterocycles. The van der Waals surface area contributed by atoms with Gasteiger partial charge in [-0.05, 0) is 12.8 Å².